The van der Waals surface area contributed by atoms with E-state index >= 15 is 0 Å². The van der Waals surface area contributed by atoms with Gasteiger partial charge in [0.05, 0.1) is 25.6 Å². The molecule has 2 saturated carbocycles. The Morgan fingerprint density at radius 3 is 1.76 bits per heavy atom. The van der Waals surface area contributed by atoms with Gasteiger partial charge in [-0.25, -0.2) is 14.8 Å². The number of amides is 3. The molecule has 4 N–H and O–H groups in total. The summed E-state index contributed by atoms with van der Waals surface area (Å²) in [5.74, 6) is 3.85. The molecule has 15 nitrogen and oxygen atoms in total. The van der Waals surface area contributed by atoms with Crippen LogP contribution in [-0.4, -0.2) is 100 Å². The van der Waals surface area contributed by atoms with Crippen LogP contribution in [0.1, 0.15) is 77.9 Å². The highest BCUT2D eigenvalue weighted by atomic mass is 16.6. The predicted molar refractivity (Wildman–Crippen MR) is 232 cm³/mol. The summed E-state index contributed by atoms with van der Waals surface area (Å²) in [6, 6.07) is 11.2. The predicted octanol–water partition coefficient (Wildman–Crippen LogP) is 6.69. The Labute approximate surface area is 362 Å². The molecule has 3 amide bonds. The van der Waals surface area contributed by atoms with E-state index in [0.29, 0.717) is 61.2 Å². The monoisotopic (exact) mass is 846 g/mol. The lowest BCUT2D eigenvalue weighted by molar-refractivity contribution is -0.141. The summed E-state index contributed by atoms with van der Waals surface area (Å²) in [6.45, 7) is 14.0. The second kappa shape index (κ2) is 16.0. The maximum Gasteiger partial charge on any atom is 0.407 e. The van der Waals surface area contributed by atoms with Crippen molar-refractivity contribution >= 4 is 17.9 Å². The Kier molecular flexibility index (Phi) is 10.7. The number of likely N-dealkylation sites (tertiary alicyclic amines) is 2. The molecule has 4 aromatic rings. The van der Waals surface area contributed by atoms with E-state index in [1.54, 1.807) is 7.11 Å². The molecule has 3 aliphatic heterocycles. The van der Waals surface area contributed by atoms with Gasteiger partial charge in [0, 0.05) is 42.2 Å². The molecule has 0 radical (unpaired) electrons. The molecule has 0 unspecified atom stereocenters. The number of nitrogens with zero attached hydrogens (tertiary/aromatic N) is 4. The standard InChI is InChI=1S/C47H58N8O7/c1-26(2)37(50-28(5)59-6)41(56)54-24-29-14-16-46(54,20-29)43-48-22-35(51-43)32-10-8-31(9-11-32)33-12-13-34(40-39(33)61-18-19-62-40)36-23-49-44(52-36)47-17-15-30(21-47)25-55(47)42(57)38(27(3)4)53-45(58)60-7/h8-13,22-23,26-27,29-30,37-38,50H,5,14-21,24-25H2,1-4,6-7H3,(H,48,51)(H,49,52)(H,53,58)/t29-,30-,37+,38+,46+,47+/m1/s1. The van der Waals surface area contributed by atoms with Gasteiger partial charge in [-0.2, -0.15) is 0 Å². The molecular weight excluding hydrogens is 789 g/mol. The van der Waals surface area contributed by atoms with Crippen LogP contribution in [0.5, 0.6) is 11.5 Å². The van der Waals surface area contributed by atoms with E-state index in [1.807, 2.05) is 62.0 Å². The number of ether oxygens (including phenoxy) is 4. The van der Waals surface area contributed by atoms with Crippen LogP contribution in [0.15, 0.2) is 61.3 Å². The van der Waals surface area contributed by atoms with Crippen molar-refractivity contribution in [3.8, 4) is 45.1 Å². The van der Waals surface area contributed by atoms with Crippen LogP contribution < -0.4 is 20.1 Å². The molecule has 0 spiro atoms. The Morgan fingerprint density at radius 1 is 0.726 bits per heavy atom. The molecule has 2 saturated heterocycles. The Morgan fingerprint density at radius 2 is 1.23 bits per heavy atom. The minimum absolute atomic E-state index is 0.0393. The van der Waals surface area contributed by atoms with Crippen molar-refractivity contribution in [2.45, 2.75) is 89.4 Å². The molecule has 5 aliphatic rings. The van der Waals surface area contributed by atoms with E-state index in [-0.39, 0.29) is 23.7 Å². The zero-order valence-corrected chi connectivity index (χ0v) is 36.5. The van der Waals surface area contributed by atoms with Gasteiger partial charge in [0.2, 0.25) is 11.8 Å². The summed E-state index contributed by atoms with van der Waals surface area (Å²) in [4.78, 5) is 61.6. The third-order valence-corrected chi connectivity index (χ3v) is 14.0. The van der Waals surface area contributed by atoms with Crippen LogP contribution in [0.3, 0.4) is 0 Å². The number of nitrogens with one attached hydrogen (secondary N) is 4. The number of methoxy groups -OCH3 is 2. The molecule has 2 aromatic heterocycles. The number of fused-ring (bicyclic) bond motifs is 5. The van der Waals surface area contributed by atoms with E-state index in [2.05, 4.69) is 51.4 Å². The number of benzene rings is 2. The number of imidazole rings is 2. The van der Waals surface area contributed by atoms with Crippen LogP contribution in [-0.2, 0) is 30.1 Å². The fraction of sp³-hybridized carbons (Fsp3) is 0.511. The minimum atomic E-state index is -0.715. The quantitative estimate of drug-likeness (QED) is 0.106. The average Bonchev–Trinajstić information content (AvgIpc) is 4.16. The molecule has 5 heterocycles. The number of hydrogen-bond donors (Lipinski definition) is 4. The van der Waals surface area contributed by atoms with Gasteiger partial charge in [-0.05, 0) is 86.5 Å². The van der Waals surface area contributed by atoms with E-state index in [0.717, 1.165) is 78.1 Å². The Bertz CT molecular complexity index is 2370. The maximum atomic E-state index is 14.1. The second-order valence-electron chi connectivity index (χ2n) is 18.4. The molecule has 9 rings (SSSR count). The number of alkyl carbamates (subject to hydrolysis) is 1. The van der Waals surface area contributed by atoms with Gasteiger partial charge < -0.3 is 49.3 Å². The molecule has 2 aliphatic carbocycles. The largest absolute Gasteiger partial charge is 0.485 e. The molecule has 6 atom stereocenters. The summed E-state index contributed by atoms with van der Waals surface area (Å²) in [5.41, 5.74) is 4.06. The van der Waals surface area contributed by atoms with Crippen molar-refractivity contribution in [3.63, 3.8) is 0 Å². The number of H-pyrrole nitrogens is 2. The summed E-state index contributed by atoms with van der Waals surface area (Å²) in [6.07, 6.45) is 8.61. The van der Waals surface area contributed by atoms with Crippen LogP contribution in [0, 0.1) is 23.7 Å². The zero-order chi connectivity index (χ0) is 43.5. The normalized spacial score (nSPS) is 24.4. The van der Waals surface area contributed by atoms with Crippen molar-refractivity contribution < 1.29 is 33.3 Å². The first-order chi connectivity index (χ1) is 29.8. The van der Waals surface area contributed by atoms with Crippen molar-refractivity contribution in [2.24, 2.45) is 23.7 Å². The van der Waals surface area contributed by atoms with Gasteiger partial charge in [0.15, 0.2) is 17.4 Å². The molecule has 2 aromatic carbocycles. The highest BCUT2D eigenvalue weighted by molar-refractivity contribution is 5.87. The van der Waals surface area contributed by atoms with Crippen LogP contribution in [0.4, 0.5) is 4.79 Å². The molecule has 4 bridgehead atoms. The highest BCUT2D eigenvalue weighted by Crippen LogP contribution is 2.54. The molecule has 328 valence electrons. The first kappa shape index (κ1) is 41.4. The Hall–Kier alpha value is -5.99. The molecule has 15 heteroatoms. The number of carbonyl (C=O) groups excluding carboxylic acids is 3. The third kappa shape index (κ3) is 6.93. The van der Waals surface area contributed by atoms with Gasteiger partial charge in [-0.3, -0.25) is 9.59 Å². The lowest BCUT2D eigenvalue weighted by Crippen LogP contribution is -2.56. The number of aromatic amines is 2. The highest BCUT2D eigenvalue weighted by Gasteiger charge is 2.58. The van der Waals surface area contributed by atoms with E-state index in [1.165, 1.54) is 7.11 Å². The summed E-state index contributed by atoms with van der Waals surface area (Å²) < 4.78 is 22.8. The number of piperidine rings is 2. The molecule has 4 fully saturated rings. The fourth-order valence-corrected chi connectivity index (χ4v) is 10.8. The van der Waals surface area contributed by atoms with Crippen LogP contribution in [0.2, 0.25) is 0 Å². The topological polar surface area (TPSA) is 176 Å². The van der Waals surface area contributed by atoms with Crippen molar-refractivity contribution in [3.05, 3.63) is 72.9 Å². The van der Waals surface area contributed by atoms with Crippen LogP contribution >= 0.6 is 0 Å². The molecular formula is C47H58N8O7. The lowest BCUT2D eigenvalue weighted by Gasteiger charge is -2.40. The van der Waals surface area contributed by atoms with E-state index in [4.69, 9.17) is 28.9 Å². The summed E-state index contributed by atoms with van der Waals surface area (Å²) in [5, 5.41) is 5.96. The van der Waals surface area contributed by atoms with Gasteiger partial charge >= 0.3 is 6.09 Å². The smallest absolute Gasteiger partial charge is 0.407 e. The lowest BCUT2D eigenvalue weighted by atomic mass is 9.93. The first-order valence-electron chi connectivity index (χ1n) is 22.0. The van der Waals surface area contributed by atoms with Gasteiger partial charge in [0.25, 0.3) is 0 Å². The number of carbonyl (C=O) groups is 3. The van der Waals surface area contributed by atoms with Crippen LogP contribution in [0.25, 0.3) is 33.6 Å². The van der Waals surface area contributed by atoms with Gasteiger partial charge in [0.1, 0.15) is 48.0 Å². The fourth-order valence-electron chi connectivity index (χ4n) is 10.8. The average molecular weight is 847 g/mol. The maximum absolute atomic E-state index is 14.1. The number of aromatic nitrogens is 4. The number of rotatable bonds is 13. The van der Waals surface area contributed by atoms with E-state index in [9.17, 15) is 14.4 Å². The first-order valence-corrected chi connectivity index (χ1v) is 22.0. The van der Waals surface area contributed by atoms with Gasteiger partial charge in [-0.1, -0.05) is 52.0 Å². The van der Waals surface area contributed by atoms with Crippen molar-refractivity contribution in [1.82, 2.24) is 40.4 Å². The van der Waals surface area contributed by atoms with E-state index < -0.39 is 29.3 Å². The SMILES string of the molecule is C=C(N[C@H](C(=O)N1C[C@@H]2CC[C@@]1(c1nc(-c3ccc(-c4ccc(-c5c[nH]c([C@@]67CC[C@@H](CN6C(=O)[C@@H](NC(=O)OC)C(C)C)C7)n5)c5c4OCCO5)cc3)c[nH]1)C2)C(C)C)OC. The Balaban J connectivity index is 0.958. The minimum Gasteiger partial charge on any atom is -0.485 e. The van der Waals surface area contributed by atoms with Crippen molar-refractivity contribution in [2.75, 3.05) is 40.5 Å². The zero-order valence-electron chi connectivity index (χ0n) is 36.5. The molecule has 62 heavy (non-hydrogen) atoms. The van der Waals surface area contributed by atoms with Gasteiger partial charge in [-0.15, -0.1) is 0 Å². The second-order valence-corrected chi connectivity index (χ2v) is 18.4. The summed E-state index contributed by atoms with van der Waals surface area (Å²) in [7, 11) is 2.85. The number of hydrogen-bond acceptors (Lipinski definition) is 10. The summed E-state index contributed by atoms with van der Waals surface area (Å²) >= 11 is 0. The van der Waals surface area contributed by atoms with Crippen molar-refractivity contribution in [1.29, 1.82) is 0 Å². The third-order valence-electron chi connectivity index (χ3n) is 14.0.